The average Bonchev–Trinajstić information content (AvgIpc) is 2.67. The van der Waals surface area contributed by atoms with Crippen molar-refractivity contribution in [1.82, 2.24) is 5.32 Å². The Kier molecular flexibility index (Phi) is 20.8. The molecule has 0 spiro atoms. The minimum Gasteiger partial charge on any atom is -0.389 e. The summed E-state index contributed by atoms with van der Waals surface area (Å²) in [6, 6.07) is 0. The molecule has 27 heavy (non-hydrogen) atoms. The van der Waals surface area contributed by atoms with Crippen LogP contribution in [0, 0.1) is 0 Å². The molecule has 0 aliphatic heterocycles. The molecule has 0 fully saturated rings. The molecule has 0 radical (unpaired) electrons. The molecule has 0 aliphatic rings. The van der Waals surface area contributed by atoms with Crippen molar-refractivity contribution >= 4 is 0 Å². The van der Waals surface area contributed by atoms with Crippen LogP contribution in [0.4, 0.5) is 0 Å². The van der Waals surface area contributed by atoms with Gasteiger partial charge in [0.2, 0.25) is 0 Å². The normalized spacial score (nSPS) is 12.5. The van der Waals surface area contributed by atoms with E-state index in [4.69, 9.17) is 0 Å². The van der Waals surface area contributed by atoms with Crippen molar-refractivity contribution in [2.75, 3.05) is 6.54 Å². The Morgan fingerprint density at radius 2 is 1.19 bits per heavy atom. The fourth-order valence-corrected chi connectivity index (χ4v) is 2.53. The van der Waals surface area contributed by atoms with E-state index in [2.05, 4.69) is 86.5 Å². The van der Waals surface area contributed by atoms with Crippen molar-refractivity contribution in [1.29, 1.82) is 0 Å². The van der Waals surface area contributed by atoms with Crippen molar-refractivity contribution in [2.24, 2.45) is 0 Å². The Balaban J connectivity index is 3.48. The van der Waals surface area contributed by atoms with Crippen LogP contribution < -0.4 is 5.32 Å². The maximum absolute atomic E-state index is 4.10. The molecule has 0 saturated heterocycles. The predicted octanol–water partition coefficient (Wildman–Crippen LogP) is 8.20. The van der Waals surface area contributed by atoms with E-state index in [0.29, 0.717) is 0 Å². The van der Waals surface area contributed by atoms with E-state index in [-0.39, 0.29) is 0 Å². The van der Waals surface area contributed by atoms with Crippen molar-refractivity contribution in [3.8, 4) is 0 Å². The van der Waals surface area contributed by atoms with Gasteiger partial charge >= 0.3 is 0 Å². The van der Waals surface area contributed by atoms with Gasteiger partial charge in [-0.15, -0.1) is 0 Å². The van der Waals surface area contributed by atoms with E-state index in [0.717, 1.165) is 51.5 Å². The lowest BCUT2D eigenvalue weighted by atomic mass is 10.2. The van der Waals surface area contributed by atoms with Gasteiger partial charge in [0.25, 0.3) is 0 Å². The zero-order valence-electron chi connectivity index (χ0n) is 18.0. The maximum atomic E-state index is 4.10. The molecule has 1 nitrogen and oxygen atoms in total. The fraction of sp³-hybridized carbons (Fsp3) is 0.538. The summed E-state index contributed by atoms with van der Waals surface area (Å²) < 4.78 is 0. The van der Waals surface area contributed by atoms with Gasteiger partial charge in [-0.25, -0.2) is 0 Å². The molecule has 0 amide bonds. The lowest BCUT2D eigenvalue weighted by Crippen LogP contribution is -2.13. The molecular formula is C26H43N. The van der Waals surface area contributed by atoms with Gasteiger partial charge in [0.05, 0.1) is 0 Å². The van der Waals surface area contributed by atoms with Gasteiger partial charge in [0, 0.05) is 12.2 Å². The molecule has 0 heterocycles. The molecular weight excluding hydrogens is 326 g/mol. The molecule has 0 rings (SSSR count). The highest BCUT2D eigenvalue weighted by molar-refractivity contribution is 5.01. The van der Waals surface area contributed by atoms with Crippen LogP contribution in [0.5, 0.6) is 0 Å². The van der Waals surface area contributed by atoms with Gasteiger partial charge in [0.1, 0.15) is 0 Å². The van der Waals surface area contributed by atoms with E-state index in [9.17, 15) is 0 Å². The molecule has 0 aromatic heterocycles. The summed E-state index contributed by atoms with van der Waals surface area (Å²) in [6.45, 7) is 9.58. The summed E-state index contributed by atoms with van der Waals surface area (Å²) in [6.07, 6.45) is 35.0. The Bertz CT molecular complexity index is 463. The van der Waals surface area contributed by atoms with Crippen LogP contribution in [0.1, 0.15) is 84.5 Å². The van der Waals surface area contributed by atoms with E-state index in [1.165, 1.54) is 31.4 Å². The summed E-state index contributed by atoms with van der Waals surface area (Å²) in [5, 5.41) is 3.43. The number of hydrogen-bond donors (Lipinski definition) is 1. The molecule has 1 heteroatoms. The quantitative estimate of drug-likeness (QED) is 0.190. The summed E-state index contributed by atoms with van der Waals surface area (Å²) in [5.74, 6) is 0. The third-order valence-corrected chi connectivity index (χ3v) is 4.16. The summed E-state index contributed by atoms with van der Waals surface area (Å²) in [7, 11) is 0. The van der Waals surface area contributed by atoms with Crippen molar-refractivity contribution in [2.45, 2.75) is 84.5 Å². The predicted molar refractivity (Wildman–Crippen MR) is 125 cm³/mol. The SMILES string of the molecule is C=C(CCC/C=C\C/C=C\C/C=C\C/C=C\C/C=C\CC)NCCCCC. The maximum Gasteiger partial charge on any atom is 0.0143 e. The highest BCUT2D eigenvalue weighted by atomic mass is 14.9. The topological polar surface area (TPSA) is 12.0 Å². The standard InChI is InChI=1S/C26H43N/c1-4-6-8-9-10-11-12-13-14-15-16-17-18-19-20-21-22-24-26(3)27-25-23-7-5-2/h6,8,10-11,13-14,16-17,19-20,27H,3-5,7,9,12,15,18,21-25H2,1-2H3/b8-6-,11-10-,14-13-,17-16-,20-19-. The molecule has 152 valence electrons. The first kappa shape index (κ1) is 25.2. The number of rotatable bonds is 18. The van der Waals surface area contributed by atoms with Crippen molar-refractivity contribution < 1.29 is 0 Å². The number of hydrogen-bond acceptors (Lipinski definition) is 1. The Hall–Kier alpha value is -1.76. The average molecular weight is 370 g/mol. The van der Waals surface area contributed by atoms with Crippen molar-refractivity contribution in [3.63, 3.8) is 0 Å². The van der Waals surface area contributed by atoms with Crippen LogP contribution in [0.15, 0.2) is 73.0 Å². The van der Waals surface area contributed by atoms with Gasteiger partial charge in [-0.2, -0.15) is 0 Å². The van der Waals surface area contributed by atoms with Crippen molar-refractivity contribution in [3.05, 3.63) is 73.0 Å². The largest absolute Gasteiger partial charge is 0.389 e. The Morgan fingerprint density at radius 1 is 0.667 bits per heavy atom. The van der Waals surface area contributed by atoms with E-state index in [1.807, 2.05) is 0 Å². The monoisotopic (exact) mass is 369 g/mol. The van der Waals surface area contributed by atoms with Gasteiger partial charge in [-0.1, -0.05) is 94.0 Å². The summed E-state index contributed by atoms with van der Waals surface area (Å²) in [5.41, 5.74) is 1.19. The first-order valence-corrected chi connectivity index (χ1v) is 11.0. The lowest BCUT2D eigenvalue weighted by Gasteiger charge is -2.08. The van der Waals surface area contributed by atoms with E-state index in [1.54, 1.807) is 0 Å². The number of unbranched alkanes of at least 4 members (excludes halogenated alkanes) is 3. The zero-order chi connectivity index (χ0) is 19.8. The molecule has 0 atom stereocenters. The van der Waals surface area contributed by atoms with Crippen LogP contribution in [0.2, 0.25) is 0 Å². The third kappa shape index (κ3) is 22.2. The van der Waals surface area contributed by atoms with Crippen LogP contribution in [0.25, 0.3) is 0 Å². The second-order valence-electron chi connectivity index (χ2n) is 6.84. The molecule has 0 aromatic rings. The molecule has 0 aromatic carbocycles. The smallest absolute Gasteiger partial charge is 0.0143 e. The second kappa shape index (κ2) is 22.3. The van der Waals surface area contributed by atoms with Gasteiger partial charge in [-0.3, -0.25) is 0 Å². The highest BCUT2D eigenvalue weighted by Gasteiger charge is 1.92. The minimum absolute atomic E-state index is 1.03. The molecule has 0 unspecified atom stereocenters. The molecule has 0 bridgehead atoms. The van der Waals surface area contributed by atoms with Crippen LogP contribution >= 0.6 is 0 Å². The first-order chi connectivity index (χ1) is 13.3. The minimum atomic E-state index is 1.03. The van der Waals surface area contributed by atoms with Gasteiger partial charge < -0.3 is 5.32 Å². The van der Waals surface area contributed by atoms with Crippen LogP contribution in [-0.4, -0.2) is 6.54 Å². The number of nitrogens with one attached hydrogen (secondary N) is 1. The van der Waals surface area contributed by atoms with Crippen LogP contribution in [-0.2, 0) is 0 Å². The van der Waals surface area contributed by atoms with E-state index < -0.39 is 0 Å². The van der Waals surface area contributed by atoms with Crippen LogP contribution in [0.3, 0.4) is 0 Å². The number of allylic oxidation sites excluding steroid dienone is 11. The zero-order valence-corrected chi connectivity index (χ0v) is 18.0. The van der Waals surface area contributed by atoms with Gasteiger partial charge in [0.15, 0.2) is 0 Å². The molecule has 0 aliphatic carbocycles. The Labute approximate surface area is 169 Å². The Morgan fingerprint density at radius 3 is 1.70 bits per heavy atom. The molecule has 1 N–H and O–H groups in total. The second-order valence-corrected chi connectivity index (χ2v) is 6.84. The third-order valence-electron chi connectivity index (χ3n) is 4.16. The summed E-state index contributed by atoms with van der Waals surface area (Å²) in [4.78, 5) is 0. The lowest BCUT2D eigenvalue weighted by molar-refractivity contribution is 0.645. The van der Waals surface area contributed by atoms with E-state index >= 15 is 0 Å². The molecule has 0 saturated carbocycles. The first-order valence-electron chi connectivity index (χ1n) is 11.0. The van der Waals surface area contributed by atoms with Gasteiger partial charge in [-0.05, 0) is 57.8 Å². The fourth-order valence-electron chi connectivity index (χ4n) is 2.53. The highest BCUT2D eigenvalue weighted by Crippen LogP contribution is 2.04. The summed E-state index contributed by atoms with van der Waals surface area (Å²) >= 11 is 0.